The number of nitrogens with one attached hydrogen (secondary N) is 2. The summed E-state index contributed by atoms with van der Waals surface area (Å²) in [6.45, 7) is 2.25. The molecule has 1 aromatic heterocycles. The van der Waals surface area contributed by atoms with Crippen molar-refractivity contribution in [1.29, 1.82) is 0 Å². The Labute approximate surface area is 171 Å². The second kappa shape index (κ2) is 8.36. The van der Waals surface area contributed by atoms with E-state index in [4.69, 9.17) is 9.47 Å². The highest BCUT2D eigenvalue weighted by molar-refractivity contribution is 7.99. The number of aromatic nitrogens is 3. The van der Waals surface area contributed by atoms with Gasteiger partial charge in [0.2, 0.25) is 5.16 Å². The fourth-order valence-corrected chi connectivity index (χ4v) is 3.37. The first kappa shape index (κ1) is 19.0. The van der Waals surface area contributed by atoms with Gasteiger partial charge in [-0.3, -0.25) is 14.7 Å². The Kier molecular flexibility index (Phi) is 5.48. The normalized spacial score (nSPS) is 12.7. The van der Waals surface area contributed by atoms with E-state index < -0.39 is 0 Å². The van der Waals surface area contributed by atoms with Gasteiger partial charge in [-0.05, 0) is 37.3 Å². The van der Waals surface area contributed by atoms with Crippen LogP contribution < -0.4 is 14.8 Å². The number of amides is 1. The SMILES string of the molecule is Cc1ccc(OCc2nc(SCC(=O)c3ccc4c(c3)NC(=O)CO4)n[nH]2)cc1. The molecule has 2 N–H and O–H groups in total. The van der Waals surface area contributed by atoms with Gasteiger partial charge < -0.3 is 14.8 Å². The molecule has 1 amide bonds. The van der Waals surface area contributed by atoms with Crippen LogP contribution in [0.1, 0.15) is 21.7 Å². The smallest absolute Gasteiger partial charge is 0.262 e. The summed E-state index contributed by atoms with van der Waals surface area (Å²) >= 11 is 1.23. The minimum Gasteiger partial charge on any atom is -0.486 e. The van der Waals surface area contributed by atoms with Crippen LogP contribution in [0.2, 0.25) is 0 Å². The van der Waals surface area contributed by atoms with Crippen molar-refractivity contribution in [2.24, 2.45) is 0 Å². The molecule has 2 heterocycles. The summed E-state index contributed by atoms with van der Waals surface area (Å²) in [5, 5.41) is 10.1. The van der Waals surface area contributed by atoms with Gasteiger partial charge in [-0.15, -0.1) is 5.10 Å². The molecule has 8 nitrogen and oxygen atoms in total. The summed E-state index contributed by atoms with van der Waals surface area (Å²) in [4.78, 5) is 28.2. The van der Waals surface area contributed by atoms with Crippen molar-refractivity contribution in [3.63, 3.8) is 0 Å². The maximum atomic E-state index is 12.5. The summed E-state index contributed by atoms with van der Waals surface area (Å²) < 4.78 is 11.0. The molecule has 1 aliphatic heterocycles. The molecule has 0 fully saturated rings. The molecule has 3 aromatic rings. The maximum absolute atomic E-state index is 12.5. The van der Waals surface area contributed by atoms with Crippen molar-refractivity contribution in [3.8, 4) is 11.5 Å². The van der Waals surface area contributed by atoms with Gasteiger partial charge in [0.05, 0.1) is 11.4 Å². The molecular formula is C20H18N4O4S. The number of aromatic amines is 1. The van der Waals surface area contributed by atoms with Gasteiger partial charge in [0, 0.05) is 5.56 Å². The number of ether oxygens (including phenoxy) is 2. The molecule has 4 rings (SSSR count). The number of ketones is 1. The molecule has 0 saturated heterocycles. The van der Waals surface area contributed by atoms with Crippen molar-refractivity contribution in [3.05, 3.63) is 59.4 Å². The predicted octanol–water partition coefficient (Wildman–Crippen LogP) is 3.00. The van der Waals surface area contributed by atoms with Crippen molar-refractivity contribution >= 4 is 29.1 Å². The van der Waals surface area contributed by atoms with Crippen molar-refractivity contribution in [1.82, 2.24) is 15.2 Å². The summed E-state index contributed by atoms with van der Waals surface area (Å²) in [5.41, 5.74) is 2.15. The number of rotatable bonds is 7. The van der Waals surface area contributed by atoms with E-state index in [2.05, 4.69) is 20.5 Å². The molecule has 0 spiro atoms. The molecule has 0 atom stereocenters. The van der Waals surface area contributed by atoms with Gasteiger partial charge in [-0.1, -0.05) is 29.5 Å². The molecule has 148 valence electrons. The quantitative estimate of drug-likeness (QED) is 0.455. The molecule has 0 bridgehead atoms. The third kappa shape index (κ3) is 4.75. The Bertz CT molecular complexity index is 1050. The van der Waals surface area contributed by atoms with Crippen molar-refractivity contribution in [2.45, 2.75) is 18.7 Å². The number of H-pyrrole nitrogens is 1. The van der Waals surface area contributed by atoms with Crippen LogP contribution in [-0.4, -0.2) is 39.2 Å². The zero-order valence-corrected chi connectivity index (χ0v) is 16.4. The molecule has 0 saturated carbocycles. The summed E-state index contributed by atoms with van der Waals surface area (Å²) in [6.07, 6.45) is 0. The van der Waals surface area contributed by atoms with E-state index in [9.17, 15) is 9.59 Å². The highest BCUT2D eigenvalue weighted by Gasteiger charge is 2.18. The molecular weight excluding hydrogens is 392 g/mol. The molecule has 0 radical (unpaired) electrons. The lowest BCUT2D eigenvalue weighted by atomic mass is 10.1. The van der Waals surface area contributed by atoms with E-state index in [0.29, 0.717) is 28.0 Å². The van der Waals surface area contributed by atoms with Crippen molar-refractivity contribution in [2.75, 3.05) is 17.7 Å². The first-order chi connectivity index (χ1) is 14.1. The molecule has 0 aliphatic carbocycles. The van der Waals surface area contributed by atoms with E-state index in [1.54, 1.807) is 18.2 Å². The van der Waals surface area contributed by atoms with Gasteiger partial charge >= 0.3 is 0 Å². The zero-order valence-electron chi connectivity index (χ0n) is 15.6. The largest absolute Gasteiger partial charge is 0.486 e. The van der Waals surface area contributed by atoms with E-state index in [1.807, 2.05) is 31.2 Å². The topological polar surface area (TPSA) is 106 Å². The Morgan fingerprint density at radius 1 is 1.24 bits per heavy atom. The molecule has 2 aromatic carbocycles. The lowest BCUT2D eigenvalue weighted by Gasteiger charge is -2.18. The third-order valence-electron chi connectivity index (χ3n) is 4.17. The second-order valence-corrected chi connectivity index (χ2v) is 7.37. The maximum Gasteiger partial charge on any atom is 0.262 e. The molecule has 0 unspecified atom stereocenters. The number of nitrogens with zero attached hydrogens (tertiary/aromatic N) is 2. The first-order valence-corrected chi connectivity index (χ1v) is 9.89. The monoisotopic (exact) mass is 410 g/mol. The molecule has 1 aliphatic rings. The van der Waals surface area contributed by atoms with E-state index in [-0.39, 0.29) is 30.7 Å². The molecule has 29 heavy (non-hydrogen) atoms. The van der Waals surface area contributed by atoms with Crippen LogP contribution in [0.25, 0.3) is 0 Å². The standard InChI is InChI=1S/C20H18N4O4S/c1-12-2-5-14(6-3-12)27-9-18-22-20(24-23-18)29-11-16(25)13-4-7-17-15(8-13)21-19(26)10-28-17/h2-8H,9-11H2,1H3,(H,21,26)(H,22,23,24). The minimum absolute atomic E-state index is 0.0169. The number of fused-ring (bicyclic) bond motifs is 1. The number of thioether (sulfide) groups is 1. The number of aryl methyl sites for hydroxylation is 1. The van der Waals surface area contributed by atoms with Gasteiger partial charge in [0.1, 0.15) is 18.1 Å². The van der Waals surface area contributed by atoms with Gasteiger partial charge in [0.25, 0.3) is 5.91 Å². The van der Waals surface area contributed by atoms with Gasteiger partial charge in [-0.2, -0.15) is 0 Å². The number of hydrogen-bond acceptors (Lipinski definition) is 7. The number of anilines is 1. The highest BCUT2D eigenvalue weighted by Crippen LogP contribution is 2.29. The fraction of sp³-hybridized carbons (Fsp3) is 0.200. The van der Waals surface area contributed by atoms with E-state index in [1.165, 1.54) is 11.8 Å². The van der Waals surface area contributed by atoms with Gasteiger partial charge in [-0.25, -0.2) is 4.98 Å². The predicted molar refractivity (Wildman–Crippen MR) is 108 cm³/mol. The summed E-state index contributed by atoms with van der Waals surface area (Å²) in [5.74, 6) is 1.72. The second-order valence-electron chi connectivity index (χ2n) is 6.43. The Hall–Kier alpha value is -3.33. The van der Waals surface area contributed by atoms with Crippen LogP contribution in [0.4, 0.5) is 5.69 Å². The first-order valence-electron chi connectivity index (χ1n) is 8.90. The van der Waals surface area contributed by atoms with E-state index >= 15 is 0 Å². The number of hydrogen-bond donors (Lipinski definition) is 2. The fourth-order valence-electron chi connectivity index (χ4n) is 2.66. The van der Waals surface area contributed by atoms with Crippen LogP contribution in [0.5, 0.6) is 11.5 Å². The average molecular weight is 410 g/mol. The van der Waals surface area contributed by atoms with Gasteiger partial charge in [0.15, 0.2) is 18.2 Å². The number of Topliss-reactive ketones (excluding diaryl/α,β-unsaturated/α-hetero) is 1. The van der Waals surface area contributed by atoms with Crippen molar-refractivity contribution < 1.29 is 19.1 Å². The van der Waals surface area contributed by atoms with Crippen LogP contribution in [0.15, 0.2) is 47.6 Å². The summed E-state index contributed by atoms with van der Waals surface area (Å²) in [6, 6.07) is 12.7. The third-order valence-corrected chi connectivity index (χ3v) is 5.02. The van der Waals surface area contributed by atoms with Crippen LogP contribution in [0.3, 0.4) is 0 Å². The lowest BCUT2D eigenvalue weighted by Crippen LogP contribution is -2.25. The average Bonchev–Trinajstić information content (AvgIpc) is 3.19. The Morgan fingerprint density at radius 2 is 2.07 bits per heavy atom. The number of benzene rings is 2. The van der Waals surface area contributed by atoms with Crippen LogP contribution >= 0.6 is 11.8 Å². The lowest BCUT2D eigenvalue weighted by molar-refractivity contribution is -0.118. The Morgan fingerprint density at radius 3 is 2.90 bits per heavy atom. The highest BCUT2D eigenvalue weighted by atomic mass is 32.2. The van der Waals surface area contributed by atoms with Crippen LogP contribution in [-0.2, 0) is 11.4 Å². The Balaban J connectivity index is 1.31. The van der Waals surface area contributed by atoms with E-state index in [0.717, 1.165) is 11.3 Å². The van der Waals surface area contributed by atoms with Crippen LogP contribution in [0, 0.1) is 6.92 Å². The summed E-state index contributed by atoms with van der Waals surface area (Å²) in [7, 11) is 0. The number of carbonyl (C=O) groups is 2. The zero-order chi connectivity index (χ0) is 20.2. The number of carbonyl (C=O) groups excluding carboxylic acids is 2. The molecule has 9 heteroatoms. The minimum atomic E-state index is -0.238.